The quantitative estimate of drug-likeness (QED) is 0.376. The van der Waals surface area contributed by atoms with Crippen molar-refractivity contribution < 1.29 is 23.1 Å². The topological polar surface area (TPSA) is 107 Å². The summed E-state index contributed by atoms with van der Waals surface area (Å²) in [5.41, 5.74) is 3.51. The van der Waals surface area contributed by atoms with Gasteiger partial charge < -0.3 is 14.4 Å². The smallest absolute Gasteiger partial charge is 0.307 e. The van der Waals surface area contributed by atoms with E-state index < -0.39 is 16.0 Å². The first-order chi connectivity index (χ1) is 17.7. The molecule has 5 rings (SSSR count). The summed E-state index contributed by atoms with van der Waals surface area (Å²) < 4.78 is 37.7. The fourth-order valence-corrected chi connectivity index (χ4v) is 6.70. The van der Waals surface area contributed by atoms with Crippen LogP contribution < -0.4 is 4.74 Å². The van der Waals surface area contributed by atoms with Crippen LogP contribution in [-0.4, -0.2) is 57.8 Å². The van der Waals surface area contributed by atoms with Crippen LogP contribution >= 0.6 is 0 Å². The Balaban J connectivity index is 1.51. The van der Waals surface area contributed by atoms with E-state index in [0.29, 0.717) is 31.0 Å². The van der Waals surface area contributed by atoms with Crippen LogP contribution in [0.3, 0.4) is 0 Å². The average Bonchev–Trinajstić information content (AvgIpc) is 3.56. The highest BCUT2D eigenvalue weighted by molar-refractivity contribution is 7.89. The number of sulfonamides is 1. The molecule has 0 radical (unpaired) electrons. The summed E-state index contributed by atoms with van der Waals surface area (Å²) >= 11 is 0. The molecule has 0 spiro atoms. The van der Waals surface area contributed by atoms with Crippen LogP contribution in [0, 0.1) is 5.92 Å². The van der Waals surface area contributed by atoms with Crippen LogP contribution in [0.1, 0.15) is 25.5 Å². The van der Waals surface area contributed by atoms with Crippen LogP contribution in [0.4, 0.5) is 0 Å². The predicted molar refractivity (Wildman–Crippen MR) is 140 cm³/mol. The first kappa shape index (κ1) is 25.0. The molecular formula is C27H30N4O5S. The number of carboxylic acid groups (broad SMARTS) is 1. The molecule has 0 amide bonds. The van der Waals surface area contributed by atoms with Crippen molar-refractivity contribution in [1.29, 1.82) is 0 Å². The van der Waals surface area contributed by atoms with Gasteiger partial charge in [-0.05, 0) is 54.3 Å². The summed E-state index contributed by atoms with van der Waals surface area (Å²) in [6.07, 6.45) is 5.48. The largest absolute Gasteiger partial charge is 0.494 e. The number of hydrogen-bond donors (Lipinski definition) is 1. The van der Waals surface area contributed by atoms with Crippen molar-refractivity contribution in [2.75, 3.05) is 19.7 Å². The highest BCUT2D eigenvalue weighted by Crippen LogP contribution is 2.37. The Bertz CT molecular complexity index is 1560. The van der Waals surface area contributed by atoms with E-state index in [9.17, 15) is 18.3 Å². The number of rotatable bonds is 8. The second kappa shape index (κ2) is 9.68. The third-order valence-electron chi connectivity index (χ3n) is 6.97. The third kappa shape index (κ3) is 4.74. The minimum atomic E-state index is -3.70. The Labute approximate surface area is 215 Å². The summed E-state index contributed by atoms with van der Waals surface area (Å²) in [6, 6.07) is 12.3. The first-order valence-electron chi connectivity index (χ1n) is 12.2. The van der Waals surface area contributed by atoms with E-state index in [2.05, 4.69) is 9.67 Å². The van der Waals surface area contributed by atoms with E-state index >= 15 is 0 Å². The second-order valence-electron chi connectivity index (χ2n) is 9.54. The zero-order valence-electron chi connectivity index (χ0n) is 21.0. The van der Waals surface area contributed by atoms with Crippen LogP contribution in [-0.2, 0) is 28.3 Å². The molecule has 1 aliphatic heterocycles. The highest BCUT2D eigenvalue weighted by atomic mass is 32.2. The number of aryl methyl sites for hydroxylation is 1. The average molecular weight is 523 g/mol. The number of nitrogens with zero attached hydrogens (tertiary/aromatic N) is 4. The van der Waals surface area contributed by atoms with E-state index in [1.807, 2.05) is 51.5 Å². The lowest BCUT2D eigenvalue weighted by molar-refractivity contribution is -0.136. The van der Waals surface area contributed by atoms with Gasteiger partial charge >= 0.3 is 5.97 Å². The summed E-state index contributed by atoms with van der Waals surface area (Å²) in [5, 5.41) is 14.6. The Morgan fingerprint density at radius 1 is 1.11 bits per heavy atom. The minimum absolute atomic E-state index is 0.0211. The summed E-state index contributed by atoms with van der Waals surface area (Å²) in [4.78, 5) is 11.8. The van der Waals surface area contributed by atoms with E-state index in [1.165, 1.54) is 4.31 Å². The van der Waals surface area contributed by atoms with Gasteiger partial charge in [-0.2, -0.15) is 9.40 Å². The van der Waals surface area contributed by atoms with E-state index in [1.54, 1.807) is 35.1 Å². The standard InChI is InChI=1S/C27H30N4O5S/c1-4-36-22-6-8-23(9-7-22)37(34,35)30-14-18(2)26(17-30)31-16-20(12-27(32)33)24-10-5-19(11-25(24)31)21-13-28-29(3)15-21/h5-11,13,15-16,18,26H,4,12,14,17H2,1-3H3,(H,32,33)/t18-,26+/m1/s1. The summed E-state index contributed by atoms with van der Waals surface area (Å²) in [7, 11) is -1.84. The van der Waals surface area contributed by atoms with Crippen LogP contribution in [0.15, 0.2) is 66.0 Å². The lowest BCUT2D eigenvalue weighted by Gasteiger charge is -2.19. The zero-order chi connectivity index (χ0) is 26.3. The van der Waals surface area contributed by atoms with Crippen molar-refractivity contribution in [1.82, 2.24) is 18.7 Å². The zero-order valence-corrected chi connectivity index (χ0v) is 21.9. The van der Waals surface area contributed by atoms with Crippen LogP contribution in [0.5, 0.6) is 5.75 Å². The second-order valence-corrected chi connectivity index (χ2v) is 11.5. The maximum Gasteiger partial charge on any atom is 0.307 e. The van der Waals surface area contributed by atoms with Crippen molar-refractivity contribution in [3.8, 4) is 16.9 Å². The van der Waals surface area contributed by atoms with E-state index in [4.69, 9.17) is 4.74 Å². The number of carbonyl (C=O) groups is 1. The van der Waals surface area contributed by atoms with Gasteiger partial charge in [0.25, 0.3) is 0 Å². The molecular weight excluding hydrogens is 492 g/mol. The Hall–Kier alpha value is -3.63. The molecule has 1 N–H and O–H groups in total. The van der Waals surface area contributed by atoms with Crippen LogP contribution in [0.2, 0.25) is 0 Å². The molecule has 0 bridgehead atoms. The molecule has 9 nitrogen and oxygen atoms in total. The SMILES string of the molecule is CCOc1ccc(S(=O)(=O)N2C[C@@H](C)[C@@H](n3cc(CC(=O)O)c4ccc(-c5cnn(C)c5)cc43)C2)cc1. The maximum atomic E-state index is 13.5. The molecule has 2 atom stereocenters. The van der Waals surface area contributed by atoms with Crippen molar-refractivity contribution in [2.24, 2.45) is 13.0 Å². The lowest BCUT2D eigenvalue weighted by atomic mass is 10.0. The molecule has 4 aromatic rings. The molecule has 194 valence electrons. The highest BCUT2D eigenvalue weighted by Gasteiger charge is 2.38. The van der Waals surface area contributed by atoms with Gasteiger partial charge in [-0.15, -0.1) is 0 Å². The Morgan fingerprint density at radius 2 is 1.86 bits per heavy atom. The molecule has 1 saturated heterocycles. The molecule has 3 heterocycles. The first-order valence-corrected chi connectivity index (χ1v) is 13.7. The van der Waals surface area contributed by atoms with Crippen molar-refractivity contribution in [2.45, 2.75) is 31.2 Å². The number of aromatic nitrogens is 3. The van der Waals surface area contributed by atoms with Gasteiger partial charge in [0.1, 0.15) is 5.75 Å². The van der Waals surface area contributed by atoms with Gasteiger partial charge in [-0.25, -0.2) is 8.42 Å². The van der Waals surface area contributed by atoms with Gasteiger partial charge in [0.2, 0.25) is 10.0 Å². The van der Waals surface area contributed by atoms with Gasteiger partial charge in [0.05, 0.1) is 30.2 Å². The van der Waals surface area contributed by atoms with Gasteiger partial charge in [-0.3, -0.25) is 9.48 Å². The fraction of sp³-hybridized carbons (Fsp3) is 0.333. The fourth-order valence-electron chi connectivity index (χ4n) is 5.14. The summed E-state index contributed by atoms with van der Waals surface area (Å²) in [5.74, 6) is -0.259. The molecule has 1 aliphatic rings. The summed E-state index contributed by atoms with van der Waals surface area (Å²) in [6.45, 7) is 5.09. The van der Waals surface area contributed by atoms with E-state index in [0.717, 1.165) is 22.0 Å². The molecule has 10 heteroatoms. The van der Waals surface area contributed by atoms with Crippen molar-refractivity contribution >= 4 is 26.9 Å². The minimum Gasteiger partial charge on any atom is -0.494 e. The number of hydrogen-bond acceptors (Lipinski definition) is 5. The van der Waals surface area contributed by atoms with Gasteiger partial charge in [-0.1, -0.05) is 19.1 Å². The number of fused-ring (bicyclic) bond motifs is 1. The number of ether oxygens (including phenoxy) is 1. The molecule has 0 aliphatic carbocycles. The predicted octanol–water partition coefficient (Wildman–Crippen LogP) is 3.95. The number of benzene rings is 2. The van der Waals surface area contributed by atoms with Gasteiger partial charge in [0.15, 0.2) is 0 Å². The molecule has 1 fully saturated rings. The maximum absolute atomic E-state index is 13.5. The molecule has 37 heavy (non-hydrogen) atoms. The Morgan fingerprint density at radius 3 is 2.51 bits per heavy atom. The molecule has 0 saturated carbocycles. The number of carboxylic acids is 1. The van der Waals surface area contributed by atoms with Crippen molar-refractivity contribution in [3.63, 3.8) is 0 Å². The lowest BCUT2D eigenvalue weighted by Crippen LogP contribution is -2.29. The van der Waals surface area contributed by atoms with Crippen molar-refractivity contribution in [3.05, 3.63) is 66.6 Å². The molecule has 2 aromatic heterocycles. The number of aliphatic carboxylic acids is 1. The normalized spacial score (nSPS) is 18.5. The van der Waals surface area contributed by atoms with E-state index in [-0.39, 0.29) is 23.3 Å². The van der Waals surface area contributed by atoms with Crippen LogP contribution in [0.25, 0.3) is 22.0 Å². The van der Waals surface area contributed by atoms with Gasteiger partial charge in [0, 0.05) is 49.0 Å². The Kier molecular flexibility index (Phi) is 6.55. The molecule has 2 aromatic carbocycles. The monoisotopic (exact) mass is 522 g/mol. The third-order valence-corrected chi connectivity index (χ3v) is 8.81. The molecule has 0 unspecified atom stereocenters.